The fourth-order valence-corrected chi connectivity index (χ4v) is 9.29. The summed E-state index contributed by atoms with van der Waals surface area (Å²) < 4.78 is 19.5. The Kier molecular flexibility index (Phi) is 8.76. The monoisotopic (exact) mass is 356 g/mol. The Bertz CT molecular complexity index is 315. The van der Waals surface area contributed by atoms with Gasteiger partial charge in [-0.2, -0.15) is 0 Å². The predicted octanol–water partition coefficient (Wildman–Crippen LogP) is 6.10. The van der Waals surface area contributed by atoms with E-state index in [1.54, 1.807) is 0 Å². The van der Waals surface area contributed by atoms with Crippen LogP contribution < -0.4 is 0 Å². The van der Waals surface area contributed by atoms with E-state index in [1.165, 1.54) is 77.0 Å². The van der Waals surface area contributed by atoms with Crippen molar-refractivity contribution in [3.05, 3.63) is 0 Å². The maximum Gasteiger partial charge on any atom is 0.507 e. The summed E-state index contributed by atoms with van der Waals surface area (Å²) >= 11 is 0. The number of rotatable bonds is 8. The van der Waals surface area contributed by atoms with Crippen LogP contribution in [0.3, 0.4) is 0 Å². The molecule has 0 spiro atoms. The molecule has 2 fully saturated rings. The first kappa shape index (κ1) is 20.4. The second-order valence-corrected chi connectivity index (χ2v) is 10.6. The normalized spacial score (nSPS) is 23.6. The Morgan fingerprint density at radius 3 is 1.50 bits per heavy atom. The van der Waals surface area contributed by atoms with E-state index >= 15 is 0 Å². The molecular weight excluding hydrogens is 316 g/mol. The molecule has 0 aromatic carbocycles. The van der Waals surface area contributed by atoms with Gasteiger partial charge < -0.3 is 13.3 Å². The van der Waals surface area contributed by atoms with Crippen LogP contribution in [-0.2, 0) is 13.3 Å². The molecule has 0 unspecified atom stereocenters. The minimum Gasteiger partial charge on any atom is -0.373 e. The Labute approximate surface area is 151 Å². The van der Waals surface area contributed by atoms with Crippen LogP contribution in [0.15, 0.2) is 0 Å². The highest BCUT2D eigenvalue weighted by Gasteiger charge is 2.63. The lowest BCUT2D eigenvalue weighted by molar-refractivity contribution is 0.0216. The van der Waals surface area contributed by atoms with Gasteiger partial charge in [0.05, 0.1) is 0 Å². The quantitative estimate of drug-likeness (QED) is 0.388. The van der Waals surface area contributed by atoms with Gasteiger partial charge in [0.1, 0.15) is 0 Å². The van der Waals surface area contributed by atoms with Crippen molar-refractivity contribution in [3.63, 3.8) is 0 Å². The molecule has 0 aromatic heterocycles. The zero-order valence-electron chi connectivity index (χ0n) is 16.4. The van der Waals surface area contributed by atoms with E-state index < -0.39 is 8.80 Å². The Balaban J connectivity index is 2.42. The van der Waals surface area contributed by atoms with Crippen molar-refractivity contribution in [1.82, 2.24) is 0 Å². The fourth-order valence-electron chi connectivity index (χ4n) is 5.28. The summed E-state index contributed by atoms with van der Waals surface area (Å²) in [4.78, 5) is 0. The lowest BCUT2D eigenvalue weighted by Gasteiger charge is -2.49. The number of hydrogen-bond acceptors (Lipinski definition) is 3. The largest absolute Gasteiger partial charge is 0.507 e. The van der Waals surface area contributed by atoms with Crippen LogP contribution in [0.25, 0.3) is 0 Å². The van der Waals surface area contributed by atoms with Crippen LogP contribution in [0.1, 0.15) is 97.8 Å². The van der Waals surface area contributed by atoms with E-state index in [4.69, 9.17) is 13.3 Å². The molecule has 2 aliphatic carbocycles. The summed E-state index contributed by atoms with van der Waals surface area (Å²) in [5, 5.41) is 0.163. The molecule has 0 aliphatic heterocycles. The van der Waals surface area contributed by atoms with Gasteiger partial charge in [-0.1, -0.05) is 51.4 Å². The van der Waals surface area contributed by atoms with Gasteiger partial charge in [-0.3, -0.25) is 0 Å². The van der Waals surface area contributed by atoms with Gasteiger partial charge in [0, 0.05) is 24.9 Å². The maximum atomic E-state index is 6.50. The lowest BCUT2D eigenvalue weighted by Crippen LogP contribution is -2.59. The van der Waals surface area contributed by atoms with Crippen LogP contribution in [0.2, 0.25) is 5.04 Å². The zero-order chi connectivity index (χ0) is 17.3. The Hall–Kier alpha value is 0.0969. The van der Waals surface area contributed by atoms with Crippen molar-refractivity contribution in [3.8, 4) is 0 Å². The van der Waals surface area contributed by atoms with Gasteiger partial charge in [-0.05, 0) is 52.4 Å². The highest BCUT2D eigenvalue weighted by atomic mass is 28.4. The van der Waals surface area contributed by atoms with E-state index in [2.05, 4.69) is 20.8 Å². The third-order valence-electron chi connectivity index (χ3n) is 6.25. The zero-order valence-corrected chi connectivity index (χ0v) is 17.4. The van der Waals surface area contributed by atoms with Crippen LogP contribution in [-0.4, -0.2) is 28.6 Å². The first-order chi connectivity index (χ1) is 11.7. The molecule has 0 amide bonds. The Morgan fingerprint density at radius 2 is 1.08 bits per heavy atom. The van der Waals surface area contributed by atoms with Crippen molar-refractivity contribution in [2.45, 2.75) is 103 Å². The van der Waals surface area contributed by atoms with Crippen LogP contribution >= 0.6 is 0 Å². The Morgan fingerprint density at radius 1 is 0.667 bits per heavy atom. The first-order valence-electron chi connectivity index (χ1n) is 10.7. The summed E-state index contributed by atoms with van der Waals surface area (Å²) in [5.41, 5.74) is 0. The first-order valence-corrected chi connectivity index (χ1v) is 12.4. The van der Waals surface area contributed by atoms with Crippen molar-refractivity contribution < 1.29 is 13.3 Å². The molecule has 24 heavy (non-hydrogen) atoms. The van der Waals surface area contributed by atoms with E-state index in [0.29, 0.717) is 19.8 Å². The van der Waals surface area contributed by atoms with Crippen molar-refractivity contribution in [1.29, 1.82) is 0 Å². The third-order valence-corrected chi connectivity index (χ3v) is 10.4. The van der Waals surface area contributed by atoms with E-state index in [-0.39, 0.29) is 5.04 Å². The van der Waals surface area contributed by atoms with Gasteiger partial charge in [-0.15, -0.1) is 0 Å². The van der Waals surface area contributed by atoms with Gasteiger partial charge >= 0.3 is 8.80 Å². The molecular formula is C20H40O3Si. The topological polar surface area (TPSA) is 27.7 Å². The summed E-state index contributed by atoms with van der Waals surface area (Å²) in [6.07, 6.45) is 16.1. The van der Waals surface area contributed by atoms with Crippen molar-refractivity contribution in [2.24, 2.45) is 5.92 Å². The molecule has 0 atom stereocenters. The molecule has 142 valence electrons. The van der Waals surface area contributed by atoms with E-state index in [0.717, 1.165) is 5.92 Å². The molecule has 0 radical (unpaired) electrons. The van der Waals surface area contributed by atoms with Crippen LogP contribution in [0.5, 0.6) is 0 Å². The average molecular weight is 357 g/mol. The molecule has 0 heterocycles. The molecule has 2 aliphatic rings. The van der Waals surface area contributed by atoms with Gasteiger partial charge in [0.25, 0.3) is 0 Å². The second-order valence-electron chi connectivity index (χ2n) is 7.61. The van der Waals surface area contributed by atoms with Crippen LogP contribution in [0, 0.1) is 5.92 Å². The highest BCUT2D eigenvalue weighted by Crippen LogP contribution is 2.59. The summed E-state index contributed by atoms with van der Waals surface area (Å²) in [5.74, 6) is 0.731. The molecule has 0 saturated heterocycles. The lowest BCUT2D eigenvalue weighted by atomic mass is 9.80. The van der Waals surface area contributed by atoms with Gasteiger partial charge in [0.2, 0.25) is 0 Å². The summed E-state index contributed by atoms with van der Waals surface area (Å²) in [6, 6.07) is 0. The minimum atomic E-state index is -2.69. The maximum absolute atomic E-state index is 6.50. The minimum absolute atomic E-state index is 0.163. The summed E-state index contributed by atoms with van der Waals surface area (Å²) in [6.45, 7) is 8.45. The second kappa shape index (κ2) is 10.3. The predicted molar refractivity (Wildman–Crippen MR) is 102 cm³/mol. The number of hydrogen-bond donors (Lipinski definition) is 0. The standard InChI is InChI=1S/C20H40O3Si/c1-4-21-24(22-5-2,23-6-3)20(17-13-9-10-14-18-20)19-15-11-7-8-12-16-19/h19H,4-18H2,1-3H3. The molecule has 2 saturated carbocycles. The third kappa shape index (κ3) is 4.43. The molecule has 0 N–H and O–H groups in total. The fraction of sp³-hybridized carbons (Fsp3) is 1.00. The molecule has 4 heteroatoms. The average Bonchev–Trinajstić information content (AvgIpc) is 2.99. The van der Waals surface area contributed by atoms with E-state index in [1.807, 2.05) is 0 Å². The van der Waals surface area contributed by atoms with Gasteiger partial charge in [-0.25, -0.2) is 0 Å². The smallest absolute Gasteiger partial charge is 0.373 e. The SMILES string of the molecule is CCO[Si](OCC)(OCC)C1(C2CCCCCC2)CCCCCC1. The van der Waals surface area contributed by atoms with Crippen LogP contribution in [0.4, 0.5) is 0 Å². The molecule has 0 aromatic rings. The highest BCUT2D eigenvalue weighted by molar-refractivity contribution is 6.64. The van der Waals surface area contributed by atoms with Crippen molar-refractivity contribution >= 4 is 8.80 Å². The van der Waals surface area contributed by atoms with Gasteiger partial charge in [0.15, 0.2) is 0 Å². The van der Waals surface area contributed by atoms with Crippen molar-refractivity contribution in [2.75, 3.05) is 19.8 Å². The van der Waals surface area contributed by atoms with E-state index in [9.17, 15) is 0 Å². The molecule has 0 bridgehead atoms. The molecule has 2 rings (SSSR count). The molecule has 3 nitrogen and oxygen atoms in total. The summed E-state index contributed by atoms with van der Waals surface area (Å²) in [7, 11) is -2.69.